The summed E-state index contributed by atoms with van der Waals surface area (Å²) in [6, 6.07) is 6.27. The van der Waals surface area contributed by atoms with Crippen molar-refractivity contribution in [3.8, 4) is 0 Å². The molecular weight excluding hydrogens is 302 g/mol. The Kier molecular flexibility index (Phi) is 5.52. The van der Waals surface area contributed by atoms with E-state index in [0.717, 1.165) is 10.6 Å². The molecule has 1 aromatic carbocycles. The molecule has 0 unspecified atom stereocenters. The maximum absolute atomic E-state index is 11.8. The topological polar surface area (TPSA) is 78.8 Å². The van der Waals surface area contributed by atoms with E-state index in [1.807, 2.05) is 0 Å². The molecule has 1 amide bonds. The van der Waals surface area contributed by atoms with E-state index in [0.29, 0.717) is 16.4 Å². The summed E-state index contributed by atoms with van der Waals surface area (Å²) >= 11 is 5.83. The van der Waals surface area contributed by atoms with E-state index in [1.54, 1.807) is 32.0 Å². The molecule has 1 rings (SSSR count). The van der Waals surface area contributed by atoms with E-state index in [2.05, 4.69) is 10.5 Å². The largest absolute Gasteiger partial charge is 0.271 e. The maximum Gasteiger partial charge on any atom is 0.260 e. The second kappa shape index (κ2) is 6.71. The zero-order valence-electron chi connectivity index (χ0n) is 11.4. The Labute approximate surface area is 123 Å². The zero-order chi connectivity index (χ0) is 15.3. The van der Waals surface area contributed by atoms with Gasteiger partial charge in [-0.15, -0.1) is 0 Å². The SMILES string of the molecule is CC(C)=NNC(=O)CN(c1cccc(Cl)c1)S(C)(=O)=O. The zero-order valence-corrected chi connectivity index (χ0v) is 13.0. The van der Waals surface area contributed by atoms with Crippen molar-refractivity contribution in [1.82, 2.24) is 5.43 Å². The highest BCUT2D eigenvalue weighted by Crippen LogP contribution is 2.21. The molecule has 0 saturated heterocycles. The number of hydrazone groups is 1. The van der Waals surface area contributed by atoms with Gasteiger partial charge in [-0.05, 0) is 32.0 Å². The fraction of sp³-hybridized carbons (Fsp3) is 0.333. The summed E-state index contributed by atoms with van der Waals surface area (Å²) in [6.07, 6.45) is 1.02. The van der Waals surface area contributed by atoms with Crippen molar-refractivity contribution in [3.05, 3.63) is 29.3 Å². The van der Waals surface area contributed by atoms with Crippen LogP contribution < -0.4 is 9.73 Å². The molecule has 0 fully saturated rings. The summed E-state index contributed by atoms with van der Waals surface area (Å²) in [4.78, 5) is 11.7. The molecule has 0 spiro atoms. The second-order valence-corrected chi connectivity index (χ2v) is 6.69. The summed E-state index contributed by atoms with van der Waals surface area (Å²) < 4.78 is 24.5. The number of anilines is 1. The molecule has 20 heavy (non-hydrogen) atoms. The van der Waals surface area contributed by atoms with Gasteiger partial charge in [-0.2, -0.15) is 5.10 Å². The molecule has 1 N–H and O–H groups in total. The van der Waals surface area contributed by atoms with Gasteiger partial charge >= 0.3 is 0 Å². The van der Waals surface area contributed by atoms with Crippen molar-refractivity contribution in [2.45, 2.75) is 13.8 Å². The molecule has 0 aliphatic carbocycles. The number of halogens is 1. The first-order valence-electron chi connectivity index (χ1n) is 5.73. The normalized spacial score (nSPS) is 10.8. The number of nitrogens with one attached hydrogen (secondary N) is 1. The number of amides is 1. The molecule has 6 nitrogen and oxygen atoms in total. The summed E-state index contributed by atoms with van der Waals surface area (Å²) in [5, 5.41) is 4.13. The lowest BCUT2D eigenvalue weighted by Crippen LogP contribution is -2.39. The van der Waals surface area contributed by atoms with Crippen molar-refractivity contribution < 1.29 is 13.2 Å². The highest BCUT2D eigenvalue weighted by atomic mass is 35.5. The number of sulfonamides is 1. The molecule has 0 bridgehead atoms. The third-order valence-electron chi connectivity index (χ3n) is 2.19. The highest BCUT2D eigenvalue weighted by Gasteiger charge is 2.20. The molecule has 0 aliphatic rings. The number of nitrogens with zero attached hydrogens (tertiary/aromatic N) is 2. The van der Waals surface area contributed by atoms with Crippen molar-refractivity contribution in [2.24, 2.45) is 5.10 Å². The van der Waals surface area contributed by atoms with Crippen LogP contribution >= 0.6 is 11.6 Å². The van der Waals surface area contributed by atoms with E-state index < -0.39 is 15.9 Å². The lowest BCUT2D eigenvalue weighted by molar-refractivity contribution is -0.119. The number of benzene rings is 1. The molecular formula is C12H16ClN3O3S. The Morgan fingerprint density at radius 1 is 1.40 bits per heavy atom. The first-order valence-corrected chi connectivity index (χ1v) is 7.96. The quantitative estimate of drug-likeness (QED) is 0.662. The van der Waals surface area contributed by atoms with Gasteiger partial charge in [-0.3, -0.25) is 9.10 Å². The van der Waals surface area contributed by atoms with E-state index in [9.17, 15) is 13.2 Å². The average Bonchev–Trinajstić information content (AvgIpc) is 2.32. The fourth-order valence-corrected chi connectivity index (χ4v) is 2.40. The monoisotopic (exact) mass is 317 g/mol. The Balaban J connectivity index is 2.98. The molecule has 110 valence electrons. The molecule has 1 aromatic rings. The van der Waals surface area contributed by atoms with E-state index in [4.69, 9.17) is 11.6 Å². The molecule has 0 radical (unpaired) electrons. The first-order chi connectivity index (χ1) is 9.20. The number of rotatable bonds is 5. The van der Waals surface area contributed by atoms with Crippen LogP contribution in [-0.4, -0.2) is 32.8 Å². The summed E-state index contributed by atoms with van der Waals surface area (Å²) in [7, 11) is -3.60. The van der Waals surface area contributed by atoms with Gasteiger partial charge in [0.1, 0.15) is 6.54 Å². The lowest BCUT2D eigenvalue weighted by atomic mass is 10.3. The van der Waals surface area contributed by atoms with Crippen LogP contribution in [0.4, 0.5) is 5.69 Å². The molecule has 0 heterocycles. The highest BCUT2D eigenvalue weighted by molar-refractivity contribution is 7.92. The smallest absolute Gasteiger partial charge is 0.260 e. The maximum atomic E-state index is 11.8. The Morgan fingerprint density at radius 3 is 2.55 bits per heavy atom. The van der Waals surface area contributed by atoms with Gasteiger partial charge in [0.15, 0.2) is 0 Å². The van der Waals surface area contributed by atoms with Crippen LogP contribution in [-0.2, 0) is 14.8 Å². The van der Waals surface area contributed by atoms with Crippen molar-refractivity contribution in [1.29, 1.82) is 0 Å². The van der Waals surface area contributed by atoms with Gasteiger partial charge in [0.05, 0.1) is 11.9 Å². The number of hydrogen-bond acceptors (Lipinski definition) is 4. The van der Waals surface area contributed by atoms with E-state index in [-0.39, 0.29) is 6.54 Å². The Bertz CT molecular complexity index is 625. The van der Waals surface area contributed by atoms with Crippen LogP contribution in [0.25, 0.3) is 0 Å². The van der Waals surface area contributed by atoms with Crippen LogP contribution in [0.15, 0.2) is 29.4 Å². The second-order valence-electron chi connectivity index (χ2n) is 4.34. The van der Waals surface area contributed by atoms with E-state index in [1.165, 1.54) is 6.07 Å². The van der Waals surface area contributed by atoms with Gasteiger partial charge in [0, 0.05) is 10.7 Å². The van der Waals surface area contributed by atoms with Crippen molar-refractivity contribution >= 4 is 38.9 Å². The molecule has 0 aliphatic heterocycles. The molecule has 0 saturated carbocycles. The van der Waals surface area contributed by atoms with Gasteiger partial charge in [0.2, 0.25) is 10.0 Å². The fourth-order valence-electron chi connectivity index (χ4n) is 1.37. The predicted octanol–water partition coefficient (Wildman–Crippen LogP) is 1.62. The number of hydrogen-bond donors (Lipinski definition) is 1. The minimum Gasteiger partial charge on any atom is -0.271 e. The van der Waals surface area contributed by atoms with Crippen molar-refractivity contribution in [3.63, 3.8) is 0 Å². The standard InChI is InChI=1S/C12H16ClN3O3S/c1-9(2)14-15-12(17)8-16(20(3,18)19)11-6-4-5-10(13)7-11/h4-7H,8H2,1-3H3,(H,15,17). The van der Waals surface area contributed by atoms with Crippen LogP contribution in [0.5, 0.6) is 0 Å². The molecule has 0 atom stereocenters. The van der Waals surface area contributed by atoms with Crippen LogP contribution in [0.1, 0.15) is 13.8 Å². The van der Waals surface area contributed by atoms with Gasteiger partial charge in [0.25, 0.3) is 5.91 Å². The van der Waals surface area contributed by atoms with Crippen LogP contribution in [0.2, 0.25) is 5.02 Å². The summed E-state index contributed by atoms with van der Waals surface area (Å²) in [6.45, 7) is 3.06. The lowest BCUT2D eigenvalue weighted by Gasteiger charge is -2.21. The Hall–Kier alpha value is -1.60. The summed E-state index contributed by atoms with van der Waals surface area (Å²) in [5.74, 6) is -0.531. The number of carbonyl (C=O) groups is 1. The first kappa shape index (κ1) is 16.5. The third kappa shape index (κ3) is 5.18. The van der Waals surface area contributed by atoms with E-state index >= 15 is 0 Å². The minimum atomic E-state index is -3.60. The third-order valence-corrected chi connectivity index (χ3v) is 3.56. The Morgan fingerprint density at radius 2 is 2.05 bits per heavy atom. The summed E-state index contributed by atoms with van der Waals surface area (Å²) in [5.41, 5.74) is 3.26. The average molecular weight is 318 g/mol. The van der Waals surface area contributed by atoms with Crippen molar-refractivity contribution in [2.75, 3.05) is 17.1 Å². The van der Waals surface area contributed by atoms with Crippen LogP contribution in [0, 0.1) is 0 Å². The van der Waals surface area contributed by atoms with Crippen LogP contribution in [0.3, 0.4) is 0 Å². The van der Waals surface area contributed by atoms with Gasteiger partial charge in [-0.25, -0.2) is 13.8 Å². The minimum absolute atomic E-state index is 0.326. The molecule has 0 aromatic heterocycles. The molecule has 8 heteroatoms. The predicted molar refractivity (Wildman–Crippen MR) is 80.6 cm³/mol. The van der Waals surface area contributed by atoms with Gasteiger partial charge < -0.3 is 0 Å². The van der Waals surface area contributed by atoms with Gasteiger partial charge in [-0.1, -0.05) is 17.7 Å². The number of carbonyl (C=O) groups excluding carboxylic acids is 1.